The highest BCUT2D eigenvalue weighted by atomic mass is 19.3. The van der Waals surface area contributed by atoms with E-state index >= 15 is 0 Å². The van der Waals surface area contributed by atoms with Gasteiger partial charge in [0.1, 0.15) is 0 Å². The van der Waals surface area contributed by atoms with E-state index in [9.17, 15) is 8.78 Å². The third-order valence-corrected chi connectivity index (χ3v) is 3.57. The van der Waals surface area contributed by atoms with E-state index in [4.69, 9.17) is 5.84 Å². The Bertz CT molecular complexity index is 344. The lowest BCUT2D eigenvalue weighted by Gasteiger charge is -2.33. The third kappa shape index (κ3) is 3.01. The first-order valence-corrected chi connectivity index (χ1v) is 6.01. The van der Waals surface area contributed by atoms with E-state index in [1.54, 1.807) is 0 Å². The zero-order chi connectivity index (χ0) is 12.3. The highest BCUT2D eigenvalue weighted by molar-refractivity contribution is 5.19. The fraction of sp³-hybridized carbons (Fsp3) is 0.538. The molecule has 17 heavy (non-hydrogen) atoms. The Morgan fingerprint density at radius 1 is 1.18 bits per heavy atom. The zero-order valence-corrected chi connectivity index (χ0v) is 9.70. The van der Waals surface area contributed by atoms with Crippen LogP contribution in [-0.4, -0.2) is 5.92 Å². The fourth-order valence-electron chi connectivity index (χ4n) is 2.56. The molecular formula is C13H18F2N2. The van der Waals surface area contributed by atoms with Gasteiger partial charge in [-0.25, -0.2) is 8.78 Å². The summed E-state index contributed by atoms with van der Waals surface area (Å²) in [6.45, 7) is 0. The normalized spacial score (nSPS) is 22.3. The lowest BCUT2D eigenvalue weighted by molar-refractivity contribution is -0.0497. The predicted octanol–water partition coefficient (Wildman–Crippen LogP) is 3.02. The van der Waals surface area contributed by atoms with Crippen LogP contribution < -0.4 is 11.3 Å². The van der Waals surface area contributed by atoms with E-state index in [0.29, 0.717) is 12.8 Å². The minimum atomic E-state index is -2.48. The monoisotopic (exact) mass is 240 g/mol. The number of rotatable bonds is 3. The lowest BCUT2D eigenvalue weighted by atomic mass is 9.80. The van der Waals surface area contributed by atoms with Crippen molar-refractivity contribution in [1.82, 2.24) is 5.43 Å². The SMILES string of the molecule is NNC(c1ccccc1)C1CCC(F)(F)CC1. The van der Waals surface area contributed by atoms with Gasteiger partial charge in [0, 0.05) is 18.9 Å². The zero-order valence-electron chi connectivity index (χ0n) is 9.70. The topological polar surface area (TPSA) is 38.0 Å². The van der Waals surface area contributed by atoms with Crippen molar-refractivity contribution in [1.29, 1.82) is 0 Å². The molecule has 1 atom stereocenters. The molecule has 2 rings (SSSR count). The summed E-state index contributed by atoms with van der Waals surface area (Å²) in [6.07, 6.45) is 0.999. The number of benzene rings is 1. The van der Waals surface area contributed by atoms with Gasteiger partial charge in [-0.1, -0.05) is 30.3 Å². The third-order valence-electron chi connectivity index (χ3n) is 3.57. The summed E-state index contributed by atoms with van der Waals surface area (Å²) >= 11 is 0. The Hall–Kier alpha value is -1.00. The van der Waals surface area contributed by atoms with E-state index in [0.717, 1.165) is 5.56 Å². The second-order valence-corrected chi connectivity index (χ2v) is 4.75. The molecule has 0 saturated heterocycles. The van der Waals surface area contributed by atoms with Gasteiger partial charge in [-0.15, -0.1) is 0 Å². The maximum Gasteiger partial charge on any atom is 0.248 e. The minimum absolute atomic E-state index is 0.0210. The Labute approximate surface area is 100 Å². The minimum Gasteiger partial charge on any atom is -0.271 e. The van der Waals surface area contributed by atoms with Gasteiger partial charge in [0.05, 0.1) is 0 Å². The molecule has 0 radical (unpaired) electrons. The molecule has 4 heteroatoms. The largest absolute Gasteiger partial charge is 0.271 e. The van der Waals surface area contributed by atoms with Crippen LogP contribution >= 0.6 is 0 Å². The summed E-state index contributed by atoms with van der Waals surface area (Å²) in [6, 6.07) is 9.77. The summed E-state index contributed by atoms with van der Waals surface area (Å²) < 4.78 is 26.2. The molecule has 0 heterocycles. The van der Waals surface area contributed by atoms with Crippen molar-refractivity contribution in [2.75, 3.05) is 0 Å². The second-order valence-electron chi connectivity index (χ2n) is 4.75. The standard InChI is InChI=1S/C13H18F2N2/c14-13(15)8-6-11(7-9-13)12(17-16)10-4-2-1-3-5-10/h1-5,11-12,17H,6-9,16H2. The molecule has 0 bridgehead atoms. The predicted molar refractivity (Wildman–Crippen MR) is 63.4 cm³/mol. The van der Waals surface area contributed by atoms with Gasteiger partial charge in [0.2, 0.25) is 5.92 Å². The van der Waals surface area contributed by atoms with Gasteiger partial charge < -0.3 is 0 Å². The molecule has 1 aliphatic rings. The van der Waals surface area contributed by atoms with E-state index < -0.39 is 5.92 Å². The van der Waals surface area contributed by atoms with Crippen molar-refractivity contribution in [2.24, 2.45) is 11.8 Å². The average molecular weight is 240 g/mol. The summed E-state index contributed by atoms with van der Waals surface area (Å²) in [4.78, 5) is 0. The highest BCUT2D eigenvalue weighted by Gasteiger charge is 2.37. The Morgan fingerprint density at radius 2 is 1.76 bits per heavy atom. The van der Waals surface area contributed by atoms with Crippen LogP contribution in [0.1, 0.15) is 37.3 Å². The smallest absolute Gasteiger partial charge is 0.248 e. The molecule has 2 nitrogen and oxygen atoms in total. The lowest BCUT2D eigenvalue weighted by Crippen LogP contribution is -2.37. The Kier molecular flexibility index (Phi) is 3.74. The number of nitrogens with one attached hydrogen (secondary N) is 1. The number of hydrazine groups is 1. The quantitative estimate of drug-likeness (QED) is 0.629. The van der Waals surface area contributed by atoms with E-state index in [1.165, 1.54) is 0 Å². The van der Waals surface area contributed by atoms with Crippen molar-refractivity contribution >= 4 is 0 Å². The summed E-state index contributed by atoms with van der Waals surface area (Å²) in [7, 11) is 0. The highest BCUT2D eigenvalue weighted by Crippen LogP contribution is 2.40. The van der Waals surface area contributed by atoms with Crippen LogP contribution in [0.3, 0.4) is 0 Å². The molecule has 0 aromatic heterocycles. The maximum absolute atomic E-state index is 13.1. The number of hydrogen-bond donors (Lipinski definition) is 2. The molecular weight excluding hydrogens is 222 g/mol. The van der Waals surface area contributed by atoms with Crippen LogP contribution in [0, 0.1) is 5.92 Å². The molecule has 94 valence electrons. The summed E-state index contributed by atoms with van der Waals surface area (Å²) in [5, 5.41) is 0. The van der Waals surface area contributed by atoms with E-state index in [1.807, 2.05) is 30.3 Å². The van der Waals surface area contributed by atoms with Gasteiger partial charge in [-0.2, -0.15) is 0 Å². The molecule has 0 spiro atoms. The van der Waals surface area contributed by atoms with Crippen molar-refractivity contribution < 1.29 is 8.78 Å². The molecule has 0 aliphatic heterocycles. The van der Waals surface area contributed by atoms with Crippen molar-refractivity contribution in [3.8, 4) is 0 Å². The first kappa shape index (κ1) is 12.5. The van der Waals surface area contributed by atoms with E-state index in [-0.39, 0.29) is 24.8 Å². The van der Waals surface area contributed by atoms with Crippen LogP contribution in [-0.2, 0) is 0 Å². The van der Waals surface area contributed by atoms with Crippen molar-refractivity contribution in [2.45, 2.75) is 37.6 Å². The molecule has 3 N–H and O–H groups in total. The van der Waals surface area contributed by atoms with E-state index in [2.05, 4.69) is 5.43 Å². The molecule has 1 aromatic carbocycles. The molecule has 1 saturated carbocycles. The van der Waals surface area contributed by atoms with Crippen molar-refractivity contribution in [3.63, 3.8) is 0 Å². The van der Waals surface area contributed by atoms with Gasteiger partial charge in [0.25, 0.3) is 0 Å². The Balaban J connectivity index is 2.05. The van der Waals surface area contributed by atoms with Crippen LogP contribution in [0.25, 0.3) is 0 Å². The molecule has 1 unspecified atom stereocenters. The van der Waals surface area contributed by atoms with Crippen LogP contribution in [0.2, 0.25) is 0 Å². The maximum atomic E-state index is 13.1. The number of alkyl halides is 2. The molecule has 1 aromatic rings. The second kappa shape index (κ2) is 5.10. The average Bonchev–Trinajstić information content (AvgIpc) is 2.33. The number of hydrogen-bond acceptors (Lipinski definition) is 2. The van der Waals surface area contributed by atoms with Gasteiger partial charge in [-0.3, -0.25) is 11.3 Å². The van der Waals surface area contributed by atoms with Gasteiger partial charge >= 0.3 is 0 Å². The summed E-state index contributed by atoms with van der Waals surface area (Å²) in [5.41, 5.74) is 3.84. The fourth-order valence-corrected chi connectivity index (χ4v) is 2.56. The Morgan fingerprint density at radius 3 is 2.29 bits per heavy atom. The number of nitrogens with two attached hydrogens (primary N) is 1. The molecule has 0 amide bonds. The van der Waals surface area contributed by atoms with Crippen LogP contribution in [0.5, 0.6) is 0 Å². The molecule has 1 fully saturated rings. The van der Waals surface area contributed by atoms with Gasteiger partial charge in [-0.05, 0) is 24.3 Å². The summed E-state index contributed by atoms with van der Waals surface area (Å²) in [5.74, 6) is 3.28. The molecule has 1 aliphatic carbocycles. The van der Waals surface area contributed by atoms with Crippen LogP contribution in [0.4, 0.5) is 8.78 Å². The van der Waals surface area contributed by atoms with Crippen LogP contribution in [0.15, 0.2) is 30.3 Å². The first-order valence-electron chi connectivity index (χ1n) is 6.01. The van der Waals surface area contributed by atoms with Gasteiger partial charge in [0.15, 0.2) is 0 Å². The first-order chi connectivity index (χ1) is 8.12. The van der Waals surface area contributed by atoms with Crippen molar-refractivity contribution in [3.05, 3.63) is 35.9 Å². The number of halogens is 2.